The summed E-state index contributed by atoms with van der Waals surface area (Å²) < 4.78 is 0. The molecule has 0 aliphatic heterocycles. The van der Waals surface area contributed by atoms with Gasteiger partial charge in [0, 0.05) is 23.3 Å². The second-order valence-electron chi connectivity index (χ2n) is 3.56. The Kier molecular flexibility index (Phi) is 6.04. The summed E-state index contributed by atoms with van der Waals surface area (Å²) in [6.07, 6.45) is 0. The van der Waals surface area contributed by atoms with Gasteiger partial charge in [-0.05, 0) is 13.8 Å². The molecular formula is C10H18O2S. The van der Waals surface area contributed by atoms with E-state index >= 15 is 0 Å². The number of ketones is 2. The van der Waals surface area contributed by atoms with Crippen molar-refractivity contribution in [1.82, 2.24) is 0 Å². The molecule has 0 aliphatic rings. The second-order valence-corrected chi connectivity index (χ2v) is 4.64. The highest BCUT2D eigenvalue weighted by molar-refractivity contribution is 7.99. The molecule has 13 heavy (non-hydrogen) atoms. The molecule has 0 radical (unpaired) electrons. The van der Waals surface area contributed by atoms with Crippen molar-refractivity contribution in [2.75, 3.05) is 11.5 Å². The van der Waals surface area contributed by atoms with Crippen LogP contribution in [0.25, 0.3) is 0 Å². The summed E-state index contributed by atoms with van der Waals surface area (Å²) in [4.78, 5) is 21.7. The Labute approximate surface area is 84.5 Å². The fraction of sp³-hybridized carbons (Fsp3) is 0.800. The molecular weight excluding hydrogens is 184 g/mol. The summed E-state index contributed by atoms with van der Waals surface area (Å²) in [5, 5.41) is 0. The predicted octanol–water partition coefficient (Wildman–Crippen LogP) is 2.17. The lowest BCUT2D eigenvalue weighted by atomic mass is 10.1. The molecule has 2 nitrogen and oxygen atoms in total. The molecule has 0 heterocycles. The Morgan fingerprint density at radius 2 is 1.31 bits per heavy atom. The van der Waals surface area contributed by atoms with Gasteiger partial charge in [0.15, 0.2) is 0 Å². The van der Waals surface area contributed by atoms with Crippen LogP contribution in [0, 0.1) is 11.8 Å². The van der Waals surface area contributed by atoms with Gasteiger partial charge in [-0.3, -0.25) is 9.59 Å². The maximum absolute atomic E-state index is 10.9. The van der Waals surface area contributed by atoms with Crippen LogP contribution in [0.5, 0.6) is 0 Å². The average molecular weight is 202 g/mol. The average Bonchev–Trinajstić information content (AvgIpc) is 2.03. The number of carbonyl (C=O) groups is 2. The number of carbonyl (C=O) groups excluding carboxylic acids is 2. The first-order valence-electron chi connectivity index (χ1n) is 4.53. The summed E-state index contributed by atoms with van der Waals surface area (Å²) in [6, 6.07) is 0. The molecule has 0 amide bonds. The Hall–Kier alpha value is -0.310. The Morgan fingerprint density at radius 1 is 1.00 bits per heavy atom. The summed E-state index contributed by atoms with van der Waals surface area (Å²) in [7, 11) is 0. The maximum Gasteiger partial charge on any atom is 0.133 e. The monoisotopic (exact) mass is 202 g/mol. The third-order valence-electron chi connectivity index (χ3n) is 2.12. The zero-order valence-electron chi connectivity index (χ0n) is 8.79. The number of Topliss-reactive ketones (excluding diaryl/α,β-unsaturated/α-hetero) is 2. The summed E-state index contributed by atoms with van der Waals surface area (Å²) in [5.41, 5.74) is 0. The lowest BCUT2D eigenvalue weighted by Crippen LogP contribution is -2.13. The van der Waals surface area contributed by atoms with E-state index in [0.29, 0.717) is 0 Å². The molecule has 0 aromatic rings. The van der Waals surface area contributed by atoms with Gasteiger partial charge in [0.05, 0.1) is 0 Å². The Bertz CT molecular complexity index is 169. The van der Waals surface area contributed by atoms with Crippen molar-refractivity contribution >= 4 is 23.3 Å². The van der Waals surface area contributed by atoms with Crippen molar-refractivity contribution in [3.05, 3.63) is 0 Å². The molecule has 3 heteroatoms. The highest BCUT2D eigenvalue weighted by Crippen LogP contribution is 2.13. The Morgan fingerprint density at radius 3 is 1.54 bits per heavy atom. The van der Waals surface area contributed by atoms with Crippen LogP contribution >= 0.6 is 11.8 Å². The smallest absolute Gasteiger partial charge is 0.133 e. The van der Waals surface area contributed by atoms with E-state index in [1.54, 1.807) is 25.6 Å². The number of thioether (sulfide) groups is 1. The van der Waals surface area contributed by atoms with Gasteiger partial charge < -0.3 is 0 Å². The van der Waals surface area contributed by atoms with Crippen LogP contribution in [-0.4, -0.2) is 23.1 Å². The third-order valence-corrected chi connectivity index (χ3v) is 3.60. The fourth-order valence-electron chi connectivity index (χ4n) is 0.656. The van der Waals surface area contributed by atoms with Crippen LogP contribution in [0.3, 0.4) is 0 Å². The quantitative estimate of drug-likeness (QED) is 0.662. The SMILES string of the molecule is CC(=O)C(C)CSCC(C)C(C)=O. The van der Waals surface area contributed by atoms with Gasteiger partial charge in [-0.15, -0.1) is 0 Å². The van der Waals surface area contributed by atoms with Gasteiger partial charge in [-0.2, -0.15) is 11.8 Å². The first-order valence-corrected chi connectivity index (χ1v) is 5.69. The molecule has 2 unspecified atom stereocenters. The molecule has 0 spiro atoms. The van der Waals surface area contributed by atoms with E-state index < -0.39 is 0 Å². The third kappa shape index (κ3) is 5.86. The van der Waals surface area contributed by atoms with E-state index in [2.05, 4.69) is 0 Å². The highest BCUT2D eigenvalue weighted by Gasteiger charge is 2.10. The molecule has 0 aliphatic carbocycles. The van der Waals surface area contributed by atoms with Gasteiger partial charge in [0.25, 0.3) is 0 Å². The van der Waals surface area contributed by atoms with Gasteiger partial charge in [0.1, 0.15) is 11.6 Å². The van der Waals surface area contributed by atoms with Crippen molar-refractivity contribution in [3.8, 4) is 0 Å². The first kappa shape index (κ1) is 12.7. The lowest BCUT2D eigenvalue weighted by molar-refractivity contribution is -0.120. The van der Waals surface area contributed by atoms with Crippen LogP contribution in [0.2, 0.25) is 0 Å². The molecule has 0 fully saturated rings. The molecule has 0 aromatic heterocycles. The van der Waals surface area contributed by atoms with E-state index in [1.807, 2.05) is 13.8 Å². The van der Waals surface area contributed by atoms with E-state index in [9.17, 15) is 9.59 Å². The van der Waals surface area contributed by atoms with Gasteiger partial charge >= 0.3 is 0 Å². The van der Waals surface area contributed by atoms with Crippen molar-refractivity contribution in [1.29, 1.82) is 0 Å². The van der Waals surface area contributed by atoms with Gasteiger partial charge in [-0.25, -0.2) is 0 Å². The normalized spacial score (nSPS) is 15.1. The topological polar surface area (TPSA) is 34.1 Å². The Balaban J connectivity index is 3.56. The number of hydrogen-bond acceptors (Lipinski definition) is 3. The van der Waals surface area contributed by atoms with Crippen LogP contribution in [0.15, 0.2) is 0 Å². The van der Waals surface area contributed by atoms with Crippen molar-refractivity contribution < 1.29 is 9.59 Å². The van der Waals surface area contributed by atoms with Crippen molar-refractivity contribution in [2.24, 2.45) is 11.8 Å². The molecule has 76 valence electrons. The maximum atomic E-state index is 10.9. The molecule has 0 saturated carbocycles. The van der Waals surface area contributed by atoms with E-state index in [0.717, 1.165) is 11.5 Å². The largest absolute Gasteiger partial charge is 0.300 e. The summed E-state index contributed by atoms with van der Waals surface area (Å²) in [6.45, 7) is 7.07. The number of rotatable bonds is 6. The fourth-order valence-corrected chi connectivity index (χ4v) is 1.97. The summed E-state index contributed by atoms with van der Waals surface area (Å²) in [5.74, 6) is 2.33. The molecule has 0 bridgehead atoms. The minimum Gasteiger partial charge on any atom is -0.300 e. The van der Waals surface area contributed by atoms with E-state index in [4.69, 9.17) is 0 Å². The molecule has 0 N–H and O–H groups in total. The van der Waals surface area contributed by atoms with Crippen LogP contribution in [0.4, 0.5) is 0 Å². The van der Waals surface area contributed by atoms with Gasteiger partial charge in [-0.1, -0.05) is 13.8 Å². The standard InChI is InChI=1S/C10H18O2S/c1-7(9(3)11)5-13-6-8(2)10(4)12/h7-8H,5-6H2,1-4H3. The summed E-state index contributed by atoms with van der Waals surface area (Å²) >= 11 is 1.68. The highest BCUT2D eigenvalue weighted by atomic mass is 32.2. The predicted molar refractivity (Wildman–Crippen MR) is 57.0 cm³/mol. The zero-order chi connectivity index (χ0) is 10.4. The molecule has 0 saturated heterocycles. The van der Waals surface area contributed by atoms with Crippen molar-refractivity contribution in [3.63, 3.8) is 0 Å². The molecule has 2 atom stereocenters. The molecule has 0 aromatic carbocycles. The van der Waals surface area contributed by atoms with Gasteiger partial charge in [0.2, 0.25) is 0 Å². The minimum atomic E-state index is 0.115. The lowest BCUT2D eigenvalue weighted by Gasteiger charge is -2.09. The zero-order valence-corrected chi connectivity index (χ0v) is 9.61. The first-order chi connectivity index (χ1) is 5.95. The van der Waals surface area contributed by atoms with Crippen LogP contribution < -0.4 is 0 Å². The molecule has 0 rings (SSSR count). The number of hydrogen-bond donors (Lipinski definition) is 0. The van der Waals surface area contributed by atoms with E-state index in [1.165, 1.54) is 0 Å². The van der Waals surface area contributed by atoms with E-state index in [-0.39, 0.29) is 23.4 Å². The minimum absolute atomic E-state index is 0.115. The second kappa shape index (κ2) is 6.19. The van der Waals surface area contributed by atoms with Crippen molar-refractivity contribution in [2.45, 2.75) is 27.7 Å². The van der Waals surface area contributed by atoms with Crippen LogP contribution in [0.1, 0.15) is 27.7 Å². The van der Waals surface area contributed by atoms with Crippen LogP contribution in [-0.2, 0) is 9.59 Å².